The van der Waals surface area contributed by atoms with E-state index < -0.39 is 0 Å². The van der Waals surface area contributed by atoms with Crippen molar-refractivity contribution in [3.05, 3.63) is 29.6 Å². The molecule has 2 atom stereocenters. The van der Waals surface area contributed by atoms with E-state index in [9.17, 15) is 4.39 Å². The summed E-state index contributed by atoms with van der Waals surface area (Å²) >= 11 is 0. The number of nitrogens with zero attached hydrogens (tertiary/aromatic N) is 1. The molecule has 18 heavy (non-hydrogen) atoms. The fraction of sp³-hybridized carbons (Fsp3) is 0.571. The molecule has 1 fully saturated rings. The van der Waals surface area contributed by atoms with Gasteiger partial charge in [-0.25, -0.2) is 4.39 Å². The lowest BCUT2D eigenvalue weighted by Gasteiger charge is -2.20. The van der Waals surface area contributed by atoms with Gasteiger partial charge in [0.05, 0.1) is 7.11 Å². The van der Waals surface area contributed by atoms with Crippen LogP contribution in [0.2, 0.25) is 0 Å². The second-order valence-corrected chi connectivity index (χ2v) is 5.02. The summed E-state index contributed by atoms with van der Waals surface area (Å²) in [5.74, 6) is 0.352. The monoisotopic (exact) mass is 252 g/mol. The lowest BCUT2D eigenvalue weighted by Crippen LogP contribution is -2.33. The summed E-state index contributed by atoms with van der Waals surface area (Å²) in [6.45, 7) is 4.14. The van der Waals surface area contributed by atoms with Crippen molar-refractivity contribution in [2.45, 2.75) is 25.4 Å². The molecule has 0 amide bonds. The minimum absolute atomic E-state index is 0.0207. The average Bonchev–Trinajstić information content (AvgIpc) is 2.74. The Labute approximate surface area is 108 Å². The van der Waals surface area contributed by atoms with Crippen molar-refractivity contribution in [2.24, 2.45) is 0 Å². The van der Waals surface area contributed by atoms with Gasteiger partial charge in [0, 0.05) is 30.3 Å². The number of likely N-dealkylation sites (tertiary alicyclic amines) is 1. The van der Waals surface area contributed by atoms with Crippen LogP contribution < -0.4 is 10.1 Å². The SMILES string of the molecule is COc1ccc(C(C)NC2CCN(C)C2)c(F)c1. The zero-order valence-corrected chi connectivity index (χ0v) is 11.2. The maximum Gasteiger partial charge on any atom is 0.131 e. The lowest BCUT2D eigenvalue weighted by atomic mass is 10.1. The van der Waals surface area contributed by atoms with Gasteiger partial charge in [0.1, 0.15) is 11.6 Å². The Hall–Kier alpha value is -1.13. The van der Waals surface area contributed by atoms with Crippen molar-refractivity contribution in [2.75, 3.05) is 27.2 Å². The zero-order valence-electron chi connectivity index (χ0n) is 11.2. The smallest absolute Gasteiger partial charge is 0.131 e. The number of hydrogen-bond acceptors (Lipinski definition) is 3. The van der Waals surface area contributed by atoms with E-state index in [1.807, 2.05) is 6.92 Å². The van der Waals surface area contributed by atoms with Crippen molar-refractivity contribution in [1.29, 1.82) is 0 Å². The summed E-state index contributed by atoms with van der Waals surface area (Å²) in [5.41, 5.74) is 0.699. The van der Waals surface area contributed by atoms with Crippen LogP contribution in [0, 0.1) is 5.82 Å². The van der Waals surface area contributed by atoms with E-state index >= 15 is 0 Å². The number of methoxy groups -OCH3 is 1. The molecule has 1 saturated heterocycles. The largest absolute Gasteiger partial charge is 0.497 e. The first-order valence-corrected chi connectivity index (χ1v) is 6.38. The number of nitrogens with one attached hydrogen (secondary N) is 1. The highest BCUT2D eigenvalue weighted by atomic mass is 19.1. The van der Waals surface area contributed by atoms with Crippen LogP contribution in [0.5, 0.6) is 5.75 Å². The molecule has 2 rings (SSSR count). The van der Waals surface area contributed by atoms with E-state index in [1.54, 1.807) is 19.2 Å². The predicted octanol–water partition coefficient (Wildman–Crippen LogP) is 2.19. The number of hydrogen-bond donors (Lipinski definition) is 1. The van der Waals surface area contributed by atoms with E-state index in [1.165, 1.54) is 6.07 Å². The maximum absolute atomic E-state index is 13.9. The third kappa shape index (κ3) is 3.00. The first kappa shape index (κ1) is 13.3. The molecule has 0 aromatic heterocycles. The lowest BCUT2D eigenvalue weighted by molar-refractivity contribution is 0.383. The number of ether oxygens (including phenoxy) is 1. The van der Waals surface area contributed by atoms with Crippen LogP contribution in [0.3, 0.4) is 0 Å². The topological polar surface area (TPSA) is 24.5 Å². The van der Waals surface area contributed by atoms with E-state index in [0.717, 1.165) is 19.5 Å². The van der Waals surface area contributed by atoms with Crippen molar-refractivity contribution in [3.8, 4) is 5.75 Å². The fourth-order valence-electron chi connectivity index (χ4n) is 2.50. The fourth-order valence-corrected chi connectivity index (χ4v) is 2.50. The first-order chi connectivity index (χ1) is 8.60. The van der Waals surface area contributed by atoms with Crippen LogP contribution in [-0.2, 0) is 0 Å². The summed E-state index contributed by atoms with van der Waals surface area (Å²) in [4.78, 5) is 2.29. The number of halogens is 1. The van der Waals surface area contributed by atoms with Crippen LogP contribution in [0.1, 0.15) is 24.9 Å². The molecule has 2 unspecified atom stereocenters. The van der Waals surface area contributed by atoms with Crippen molar-refractivity contribution >= 4 is 0 Å². The van der Waals surface area contributed by atoms with Crippen molar-refractivity contribution in [1.82, 2.24) is 10.2 Å². The van der Waals surface area contributed by atoms with E-state index in [2.05, 4.69) is 17.3 Å². The van der Waals surface area contributed by atoms with Crippen molar-refractivity contribution in [3.63, 3.8) is 0 Å². The Morgan fingerprint density at radius 2 is 2.28 bits per heavy atom. The maximum atomic E-state index is 13.9. The molecule has 1 aliphatic rings. The molecular weight excluding hydrogens is 231 g/mol. The Kier molecular flexibility index (Phi) is 4.19. The van der Waals surface area contributed by atoms with Crippen LogP contribution in [0.25, 0.3) is 0 Å². The average molecular weight is 252 g/mol. The highest BCUT2D eigenvalue weighted by molar-refractivity contribution is 5.30. The first-order valence-electron chi connectivity index (χ1n) is 6.38. The van der Waals surface area contributed by atoms with Crippen LogP contribution in [-0.4, -0.2) is 38.2 Å². The Morgan fingerprint density at radius 3 is 2.83 bits per heavy atom. The van der Waals surface area contributed by atoms with Gasteiger partial charge in [-0.15, -0.1) is 0 Å². The Balaban J connectivity index is 2.02. The van der Waals surface area contributed by atoms with Gasteiger partial charge >= 0.3 is 0 Å². The molecule has 1 N–H and O–H groups in total. The molecule has 1 aliphatic heterocycles. The zero-order chi connectivity index (χ0) is 13.1. The molecule has 1 aromatic carbocycles. The Bertz CT molecular complexity index is 411. The summed E-state index contributed by atoms with van der Waals surface area (Å²) in [7, 11) is 3.66. The molecule has 0 bridgehead atoms. The van der Waals surface area contributed by atoms with Crippen LogP contribution >= 0.6 is 0 Å². The minimum atomic E-state index is -0.208. The van der Waals surface area contributed by atoms with Gasteiger partial charge in [0.15, 0.2) is 0 Å². The van der Waals surface area contributed by atoms with E-state index in [4.69, 9.17) is 4.74 Å². The number of rotatable bonds is 4. The third-order valence-corrected chi connectivity index (χ3v) is 3.55. The molecular formula is C14H21FN2O. The van der Waals surface area contributed by atoms with Gasteiger partial charge < -0.3 is 15.0 Å². The van der Waals surface area contributed by atoms with Gasteiger partial charge in [-0.2, -0.15) is 0 Å². The van der Waals surface area contributed by atoms with Crippen molar-refractivity contribution < 1.29 is 9.13 Å². The number of likely N-dealkylation sites (N-methyl/N-ethyl adjacent to an activating group) is 1. The van der Waals surface area contributed by atoms with E-state index in [0.29, 0.717) is 17.4 Å². The Morgan fingerprint density at radius 1 is 1.50 bits per heavy atom. The summed E-state index contributed by atoms with van der Waals surface area (Å²) < 4.78 is 18.9. The van der Waals surface area contributed by atoms with Crippen LogP contribution in [0.15, 0.2) is 18.2 Å². The molecule has 1 heterocycles. The second kappa shape index (κ2) is 5.67. The summed E-state index contributed by atoms with van der Waals surface area (Å²) in [6, 6.07) is 5.51. The van der Waals surface area contributed by atoms with Gasteiger partial charge in [0.2, 0.25) is 0 Å². The molecule has 3 nitrogen and oxygen atoms in total. The molecule has 0 aliphatic carbocycles. The third-order valence-electron chi connectivity index (χ3n) is 3.55. The van der Waals surface area contributed by atoms with Gasteiger partial charge in [-0.05, 0) is 33.0 Å². The molecule has 0 radical (unpaired) electrons. The summed E-state index contributed by atoms with van der Waals surface area (Å²) in [5, 5.41) is 3.48. The predicted molar refractivity (Wildman–Crippen MR) is 70.4 cm³/mol. The van der Waals surface area contributed by atoms with Gasteiger partial charge in [-0.1, -0.05) is 6.07 Å². The molecule has 4 heteroatoms. The highest BCUT2D eigenvalue weighted by Crippen LogP contribution is 2.23. The minimum Gasteiger partial charge on any atom is -0.497 e. The number of benzene rings is 1. The summed E-state index contributed by atoms with van der Waals surface area (Å²) in [6.07, 6.45) is 1.12. The molecule has 1 aromatic rings. The molecule has 0 spiro atoms. The standard InChI is InChI=1S/C14H21FN2O/c1-10(16-11-6-7-17(2)9-11)13-5-4-12(18-3)8-14(13)15/h4-5,8,10-11,16H,6-7,9H2,1-3H3. The van der Waals surface area contributed by atoms with Gasteiger partial charge in [-0.3, -0.25) is 0 Å². The molecule has 100 valence electrons. The second-order valence-electron chi connectivity index (χ2n) is 5.02. The molecule has 0 saturated carbocycles. The normalized spacial score (nSPS) is 22.1. The quantitative estimate of drug-likeness (QED) is 0.889. The van der Waals surface area contributed by atoms with Crippen LogP contribution in [0.4, 0.5) is 4.39 Å². The van der Waals surface area contributed by atoms with E-state index in [-0.39, 0.29) is 11.9 Å². The van der Waals surface area contributed by atoms with Gasteiger partial charge in [0.25, 0.3) is 0 Å². The highest BCUT2D eigenvalue weighted by Gasteiger charge is 2.22.